The third-order valence-corrected chi connectivity index (χ3v) is 13.5. The summed E-state index contributed by atoms with van der Waals surface area (Å²) >= 11 is 2.11. The fourth-order valence-electron chi connectivity index (χ4n) is 10.6. The zero-order chi connectivity index (χ0) is 23.4. The van der Waals surface area contributed by atoms with E-state index in [1.165, 1.54) is 69.4 Å². The topological polar surface area (TPSA) is 33.6 Å². The maximum Gasteiger partial charge on any atom is 0.0765 e. The number of hydrogen-bond acceptors (Lipinski definition) is 4. The normalized spacial score (nSPS) is 56.3. The molecule has 1 N–H and O–H groups in total. The van der Waals surface area contributed by atoms with Gasteiger partial charge in [0.25, 0.3) is 0 Å². The van der Waals surface area contributed by atoms with Gasteiger partial charge in [-0.25, -0.2) is 0 Å². The van der Waals surface area contributed by atoms with Gasteiger partial charge in [0.1, 0.15) is 0 Å². The molecule has 7 rings (SSSR count). The molecule has 5 fully saturated rings. The number of nitrogens with zero attached hydrogens (tertiary/aromatic N) is 1. The number of piperidine rings is 1. The Morgan fingerprint density at radius 3 is 2.82 bits per heavy atom. The van der Waals surface area contributed by atoms with Crippen LogP contribution in [0.25, 0.3) is 0 Å². The van der Waals surface area contributed by atoms with E-state index in [0.29, 0.717) is 29.5 Å². The Kier molecular flexibility index (Phi) is 5.27. The Hall–Kier alpha value is -0.320. The second-order valence-corrected chi connectivity index (χ2v) is 15.4. The third kappa shape index (κ3) is 3.19. The van der Waals surface area contributed by atoms with E-state index in [-0.39, 0.29) is 5.60 Å². The maximum atomic E-state index is 7.08. The first kappa shape index (κ1) is 22.8. The first-order chi connectivity index (χ1) is 16.3. The second-order valence-electron chi connectivity index (χ2n) is 14.0. The van der Waals surface area contributed by atoms with E-state index in [0.717, 1.165) is 34.8 Å². The summed E-state index contributed by atoms with van der Waals surface area (Å²) in [6.45, 7) is 13.5. The van der Waals surface area contributed by atoms with Crippen LogP contribution in [0.1, 0.15) is 92.4 Å². The molecule has 0 radical (unpaired) electrons. The molecular formula is C30H46N2OS. The van der Waals surface area contributed by atoms with Crippen LogP contribution >= 0.6 is 11.8 Å². The molecule has 0 amide bonds. The molecule has 34 heavy (non-hydrogen) atoms. The Balaban J connectivity index is 1.16. The summed E-state index contributed by atoms with van der Waals surface area (Å²) in [5.74, 6) is 4.93. The predicted octanol–water partition coefficient (Wildman–Crippen LogP) is 6.62. The number of fused-ring (bicyclic) bond motifs is 7. The summed E-state index contributed by atoms with van der Waals surface area (Å²) in [5, 5.41) is 6.00. The largest absolute Gasteiger partial charge is 0.369 e. The third-order valence-electron chi connectivity index (χ3n) is 12.3. The average molecular weight is 483 g/mol. The molecule has 4 heteroatoms. The first-order valence-electron chi connectivity index (χ1n) is 14.6. The zero-order valence-electron chi connectivity index (χ0n) is 22.1. The first-order valence-corrected chi connectivity index (χ1v) is 15.5. The van der Waals surface area contributed by atoms with Gasteiger partial charge in [0, 0.05) is 17.2 Å². The van der Waals surface area contributed by atoms with E-state index < -0.39 is 0 Å². The minimum atomic E-state index is 0.0812. The van der Waals surface area contributed by atoms with Gasteiger partial charge >= 0.3 is 0 Å². The maximum absolute atomic E-state index is 7.08. The SMILES string of the molecule is CC1=NC2C[C@H]3CC[C@H]4[C@@H]5CC[C@@]6(CC(C)=C5C[C@@H]4[C@@]3(C)CC2S1)O[C@@H]1C[C@H](C)CN[C@H]1[C@H]6C. The molecular weight excluding hydrogens is 436 g/mol. The van der Waals surface area contributed by atoms with Gasteiger partial charge in [0.2, 0.25) is 0 Å². The van der Waals surface area contributed by atoms with Crippen molar-refractivity contribution in [2.75, 3.05) is 6.54 Å². The van der Waals surface area contributed by atoms with Crippen molar-refractivity contribution in [1.29, 1.82) is 0 Å². The molecule has 1 spiro atoms. The van der Waals surface area contributed by atoms with E-state index in [4.69, 9.17) is 9.73 Å². The second kappa shape index (κ2) is 7.84. The summed E-state index contributed by atoms with van der Waals surface area (Å²) in [6.07, 6.45) is 12.6. The molecule has 0 aromatic carbocycles. The van der Waals surface area contributed by atoms with Crippen molar-refractivity contribution in [2.45, 2.75) is 121 Å². The number of nitrogens with one attached hydrogen (secondary N) is 1. The molecule has 3 heterocycles. The van der Waals surface area contributed by atoms with Crippen LogP contribution < -0.4 is 5.32 Å². The molecule has 3 aliphatic heterocycles. The highest BCUT2D eigenvalue weighted by atomic mass is 32.2. The summed E-state index contributed by atoms with van der Waals surface area (Å²) in [7, 11) is 0. The molecule has 3 saturated carbocycles. The van der Waals surface area contributed by atoms with Crippen molar-refractivity contribution in [3.05, 3.63) is 11.1 Å². The van der Waals surface area contributed by atoms with E-state index in [1.54, 1.807) is 5.57 Å². The molecule has 3 nitrogen and oxygen atoms in total. The monoisotopic (exact) mass is 482 g/mol. The summed E-state index contributed by atoms with van der Waals surface area (Å²) in [5.41, 5.74) is 4.21. The molecule has 2 unspecified atom stereocenters. The molecule has 0 aromatic rings. The summed E-state index contributed by atoms with van der Waals surface area (Å²) in [6, 6.07) is 1.19. The van der Waals surface area contributed by atoms with Crippen LogP contribution in [0.15, 0.2) is 16.1 Å². The predicted molar refractivity (Wildman–Crippen MR) is 142 cm³/mol. The quantitative estimate of drug-likeness (QED) is 0.394. The summed E-state index contributed by atoms with van der Waals surface area (Å²) < 4.78 is 7.08. The van der Waals surface area contributed by atoms with Gasteiger partial charge in [-0.3, -0.25) is 4.99 Å². The fraction of sp³-hybridized carbons (Fsp3) is 0.900. The van der Waals surface area contributed by atoms with Crippen LogP contribution in [0.4, 0.5) is 0 Å². The smallest absolute Gasteiger partial charge is 0.0765 e. The van der Waals surface area contributed by atoms with Gasteiger partial charge in [-0.2, -0.15) is 0 Å². The Labute approximate surface area is 211 Å². The Morgan fingerprint density at radius 2 is 1.97 bits per heavy atom. The molecule has 7 aliphatic rings. The Morgan fingerprint density at radius 1 is 1.12 bits per heavy atom. The molecule has 188 valence electrons. The number of aliphatic imine (C=N–C) groups is 1. The van der Waals surface area contributed by atoms with E-state index in [2.05, 4.69) is 51.7 Å². The lowest BCUT2D eigenvalue weighted by molar-refractivity contribution is -0.0743. The lowest BCUT2D eigenvalue weighted by Crippen LogP contribution is -2.50. The average Bonchev–Trinajstić information content (AvgIpc) is 3.39. The minimum Gasteiger partial charge on any atom is -0.369 e. The van der Waals surface area contributed by atoms with Crippen LogP contribution in [0.5, 0.6) is 0 Å². The van der Waals surface area contributed by atoms with Gasteiger partial charge in [-0.1, -0.05) is 31.9 Å². The number of hydrogen-bond donors (Lipinski definition) is 1. The molecule has 4 aliphatic carbocycles. The van der Waals surface area contributed by atoms with Crippen LogP contribution in [-0.4, -0.2) is 40.6 Å². The van der Waals surface area contributed by atoms with Crippen LogP contribution in [0.2, 0.25) is 0 Å². The van der Waals surface area contributed by atoms with Gasteiger partial charge in [-0.05, 0) is 113 Å². The van der Waals surface area contributed by atoms with Crippen molar-refractivity contribution in [1.82, 2.24) is 5.32 Å². The minimum absolute atomic E-state index is 0.0812. The number of rotatable bonds is 0. The highest BCUT2D eigenvalue weighted by molar-refractivity contribution is 8.14. The number of ether oxygens (including phenoxy) is 1. The van der Waals surface area contributed by atoms with Crippen molar-refractivity contribution in [3.63, 3.8) is 0 Å². The van der Waals surface area contributed by atoms with Crippen LogP contribution in [-0.2, 0) is 4.74 Å². The van der Waals surface area contributed by atoms with Crippen molar-refractivity contribution in [2.24, 2.45) is 45.9 Å². The lowest BCUT2D eigenvalue weighted by Gasteiger charge is -2.55. The van der Waals surface area contributed by atoms with E-state index >= 15 is 0 Å². The van der Waals surface area contributed by atoms with Gasteiger partial charge in [0.05, 0.1) is 22.8 Å². The van der Waals surface area contributed by atoms with Crippen molar-refractivity contribution >= 4 is 16.8 Å². The van der Waals surface area contributed by atoms with Gasteiger partial charge in [0.15, 0.2) is 0 Å². The highest BCUT2D eigenvalue weighted by Gasteiger charge is 2.60. The molecule has 0 bridgehead atoms. The Bertz CT molecular complexity index is 929. The number of allylic oxidation sites excluding steroid dienone is 1. The highest BCUT2D eigenvalue weighted by Crippen LogP contribution is 2.66. The van der Waals surface area contributed by atoms with Gasteiger partial charge in [-0.15, -0.1) is 11.8 Å². The molecule has 0 aromatic heterocycles. The lowest BCUT2D eigenvalue weighted by atomic mass is 9.52. The number of thioether (sulfide) groups is 1. The zero-order valence-corrected chi connectivity index (χ0v) is 22.9. The van der Waals surface area contributed by atoms with Crippen LogP contribution in [0, 0.1) is 40.9 Å². The van der Waals surface area contributed by atoms with E-state index in [1.807, 2.05) is 5.57 Å². The van der Waals surface area contributed by atoms with Crippen molar-refractivity contribution < 1.29 is 4.74 Å². The summed E-state index contributed by atoms with van der Waals surface area (Å²) in [4.78, 5) is 5.05. The molecule has 2 saturated heterocycles. The van der Waals surface area contributed by atoms with Gasteiger partial charge < -0.3 is 10.1 Å². The standard InChI is InChI=1S/C30H46N2OS/c1-16-10-26-28(31-15-16)18(3)30(33-26)9-8-21-22-7-6-20-11-25-27(34-19(4)32-25)14-29(20,5)24(22)12-23(21)17(2)13-30/h16,18,20-22,24-28,31H,6-15H2,1-5H3/t16-,18+,20+,21-,22-,24-,25?,26+,27?,28-,29-,30-/m0/s1. The fourth-order valence-corrected chi connectivity index (χ4v) is 12.0. The van der Waals surface area contributed by atoms with E-state index in [9.17, 15) is 0 Å². The van der Waals surface area contributed by atoms with Crippen molar-refractivity contribution in [3.8, 4) is 0 Å². The molecule has 12 atom stereocenters. The van der Waals surface area contributed by atoms with Crippen LogP contribution in [0.3, 0.4) is 0 Å².